The van der Waals surface area contributed by atoms with Crippen molar-refractivity contribution in [2.24, 2.45) is 0 Å². The highest BCUT2D eigenvalue weighted by Crippen LogP contribution is 2.34. The summed E-state index contributed by atoms with van der Waals surface area (Å²) in [5.41, 5.74) is 1.43. The molecule has 3 heterocycles. The zero-order chi connectivity index (χ0) is 15.7. The van der Waals surface area contributed by atoms with Gasteiger partial charge in [0.2, 0.25) is 0 Å². The summed E-state index contributed by atoms with van der Waals surface area (Å²) < 4.78 is 7.25. The third-order valence-corrected chi connectivity index (χ3v) is 4.16. The van der Waals surface area contributed by atoms with Gasteiger partial charge < -0.3 is 9.42 Å². The highest BCUT2D eigenvalue weighted by Gasteiger charge is 2.34. The first-order valence-electron chi connectivity index (χ1n) is 7.91. The molecule has 1 aliphatic heterocycles. The smallest absolute Gasteiger partial charge is 0.274 e. The van der Waals surface area contributed by atoms with Crippen LogP contribution in [0, 0.1) is 0 Å². The summed E-state index contributed by atoms with van der Waals surface area (Å²) in [6.45, 7) is 7.66. The number of likely N-dealkylation sites (tertiary alicyclic amines) is 1. The van der Waals surface area contributed by atoms with E-state index in [1.807, 2.05) is 24.1 Å². The summed E-state index contributed by atoms with van der Waals surface area (Å²) in [4.78, 5) is 14.5. The van der Waals surface area contributed by atoms with Crippen molar-refractivity contribution in [3.63, 3.8) is 0 Å². The Labute approximate surface area is 130 Å². The molecule has 1 amide bonds. The molecule has 0 N–H and O–H groups in total. The van der Waals surface area contributed by atoms with Crippen molar-refractivity contribution in [2.75, 3.05) is 6.54 Å². The molecule has 2 aromatic heterocycles. The SMILES string of the molecule is CCn1ccc(C(=O)N2CCC[C@H]2c2cc(C(C)C)no2)n1. The Morgan fingerprint density at radius 3 is 2.95 bits per heavy atom. The molecule has 0 unspecified atom stereocenters. The Kier molecular flexibility index (Phi) is 4.00. The van der Waals surface area contributed by atoms with Gasteiger partial charge in [-0.3, -0.25) is 9.48 Å². The number of aryl methyl sites for hydroxylation is 1. The van der Waals surface area contributed by atoms with E-state index in [9.17, 15) is 4.79 Å². The van der Waals surface area contributed by atoms with E-state index in [0.29, 0.717) is 11.6 Å². The number of rotatable bonds is 4. The Hall–Kier alpha value is -2.11. The van der Waals surface area contributed by atoms with E-state index in [2.05, 4.69) is 24.1 Å². The summed E-state index contributed by atoms with van der Waals surface area (Å²) in [6.07, 6.45) is 3.72. The van der Waals surface area contributed by atoms with Crippen LogP contribution in [0.25, 0.3) is 0 Å². The molecule has 0 bridgehead atoms. The highest BCUT2D eigenvalue weighted by atomic mass is 16.5. The van der Waals surface area contributed by atoms with E-state index >= 15 is 0 Å². The van der Waals surface area contributed by atoms with Crippen LogP contribution in [0.1, 0.15) is 67.5 Å². The van der Waals surface area contributed by atoms with Crippen LogP contribution < -0.4 is 0 Å². The van der Waals surface area contributed by atoms with Crippen molar-refractivity contribution in [3.8, 4) is 0 Å². The van der Waals surface area contributed by atoms with Gasteiger partial charge in [-0.05, 0) is 31.7 Å². The molecule has 0 aliphatic carbocycles. The Balaban J connectivity index is 1.81. The molecule has 0 spiro atoms. The molecule has 2 aromatic rings. The maximum absolute atomic E-state index is 12.7. The number of hydrogen-bond donors (Lipinski definition) is 0. The van der Waals surface area contributed by atoms with Gasteiger partial charge in [-0.15, -0.1) is 0 Å². The lowest BCUT2D eigenvalue weighted by Crippen LogP contribution is -2.30. The summed E-state index contributed by atoms with van der Waals surface area (Å²) in [6, 6.07) is 3.73. The van der Waals surface area contributed by atoms with Crippen LogP contribution in [0.3, 0.4) is 0 Å². The van der Waals surface area contributed by atoms with Crippen molar-refractivity contribution >= 4 is 5.91 Å². The summed E-state index contributed by atoms with van der Waals surface area (Å²) in [5.74, 6) is 1.07. The quantitative estimate of drug-likeness (QED) is 0.871. The van der Waals surface area contributed by atoms with Gasteiger partial charge in [0.1, 0.15) is 5.69 Å². The van der Waals surface area contributed by atoms with Gasteiger partial charge >= 0.3 is 0 Å². The molecule has 1 saturated heterocycles. The molecule has 1 aliphatic rings. The molecule has 1 atom stereocenters. The van der Waals surface area contributed by atoms with E-state index in [1.165, 1.54) is 0 Å². The van der Waals surface area contributed by atoms with Crippen LogP contribution in [0.5, 0.6) is 0 Å². The first-order valence-corrected chi connectivity index (χ1v) is 7.91. The van der Waals surface area contributed by atoms with Crippen LogP contribution in [-0.4, -0.2) is 32.3 Å². The maximum Gasteiger partial charge on any atom is 0.274 e. The van der Waals surface area contributed by atoms with E-state index < -0.39 is 0 Å². The largest absolute Gasteiger partial charge is 0.359 e. The van der Waals surface area contributed by atoms with E-state index in [-0.39, 0.29) is 11.9 Å². The lowest BCUT2D eigenvalue weighted by Gasteiger charge is -2.21. The van der Waals surface area contributed by atoms with Crippen molar-refractivity contribution < 1.29 is 9.32 Å². The van der Waals surface area contributed by atoms with Crippen molar-refractivity contribution in [3.05, 3.63) is 35.5 Å². The van der Waals surface area contributed by atoms with Gasteiger partial charge in [-0.25, -0.2) is 0 Å². The van der Waals surface area contributed by atoms with Gasteiger partial charge in [0.05, 0.1) is 11.7 Å². The number of carbonyl (C=O) groups excluding carboxylic acids is 1. The van der Waals surface area contributed by atoms with Crippen LogP contribution in [0.2, 0.25) is 0 Å². The fourth-order valence-electron chi connectivity index (χ4n) is 2.84. The molecule has 3 rings (SSSR count). The van der Waals surface area contributed by atoms with E-state index in [1.54, 1.807) is 10.7 Å². The second-order valence-electron chi connectivity index (χ2n) is 6.02. The molecule has 0 radical (unpaired) electrons. The molecular weight excluding hydrogens is 280 g/mol. The summed E-state index contributed by atoms with van der Waals surface area (Å²) >= 11 is 0. The van der Waals surface area contributed by atoms with Crippen LogP contribution >= 0.6 is 0 Å². The van der Waals surface area contributed by atoms with Crippen molar-refractivity contribution in [1.82, 2.24) is 19.8 Å². The summed E-state index contributed by atoms with van der Waals surface area (Å²) in [5, 5.41) is 8.43. The third kappa shape index (κ3) is 2.65. The molecule has 1 fully saturated rings. The predicted octanol–water partition coefficient (Wildman–Crippen LogP) is 2.99. The standard InChI is InChI=1S/C16H22N4O2/c1-4-19-9-7-12(17-19)16(21)20-8-5-6-14(20)15-10-13(11(2)3)18-22-15/h7,9-11,14H,4-6,8H2,1-3H3/t14-/m0/s1. The fourth-order valence-corrected chi connectivity index (χ4v) is 2.84. The molecule has 118 valence electrons. The Morgan fingerprint density at radius 1 is 1.50 bits per heavy atom. The van der Waals surface area contributed by atoms with Gasteiger partial charge in [0.25, 0.3) is 5.91 Å². The first-order chi connectivity index (χ1) is 10.6. The molecule has 6 nitrogen and oxygen atoms in total. The Bertz CT molecular complexity index is 659. The first kappa shape index (κ1) is 14.8. The monoisotopic (exact) mass is 302 g/mol. The minimum absolute atomic E-state index is 0.0284. The number of amides is 1. The van der Waals surface area contributed by atoms with Gasteiger partial charge in [-0.2, -0.15) is 5.10 Å². The number of aromatic nitrogens is 3. The van der Waals surface area contributed by atoms with Crippen LogP contribution in [0.4, 0.5) is 0 Å². The topological polar surface area (TPSA) is 64.2 Å². The van der Waals surface area contributed by atoms with Crippen molar-refractivity contribution in [1.29, 1.82) is 0 Å². The average Bonchev–Trinajstić information content (AvgIpc) is 3.24. The van der Waals surface area contributed by atoms with Gasteiger partial charge in [0.15, 0.2) is 5.76 Å². The van der Waals surface area contributed by atoms with Crippen molar-refractivity contribution in [2.45, 2.75) is 52.1 Å². The summed E-state index contributed by atoms with van der Waals surface area (Å²) in [7, 11) is 0. The molecular formula is C16H22N4O2. The molecule has 22 heavy (non-hydrogen) atoms. The Morgan fingerprint density at radius 2 is 2.32 bits per heavy atom. The molecule has 6 heteroatoms. The number of carbonyl (C=O) groups is 1. The third-order valence-electron chi connectivity index (χ3n) is 4.16. The second-order valence-corrected chi connectivity index (χ2v) is 6.02. The van der Waals surface area contributed by atoms with Gasteiger partial charge in [-0.1, -0.05) is 19.0 Å². The fraction of sp³-hybridized carbons (Fsp3) is 0.562. The average molecular weight is 302 g/mol. The van der Waals surface area contributed by atoms with Gasteiger partial charge in [0, 0.05) is 25.4 Å². The normalized spacial score (nSPS) is 18.4. The zero-order valence-corrected chi connectivity index (χ0v) is 13.3. The predicted molar refractivity (Wildman–Crippen MR) is 81.5 cm³/mol. The highest BCUT2D eigenvalue weighted by molar-refractivity contribution is 5.92. The lowest BCUT2D eigenvalue weighted by molar-refractivity contribution is 0.0707. The number of hydrogen-bond acceptors (Lipinski definition) is 4. The maximum atomic E-state index is 12.7. The minimum Gasteiger partial charge on any atom is -0.359 e. The van der Waals surface area contributed by atoms with Crippen LogP contribution in [-0.2, 0) is 6.54 Å². The van der Waals surface area contributed by atoms with E-state index in [0.717, 1.165) is 37.4 Å². The van der Waals surface area contributed by atoms with E-state index in [4.69, 9.17) is 4.52 Å². The van der Waals surface area contributed by atoms with Crippen LogP contribution in [0.15, 0.2) is 22.9 Å². The second kappa shape index (κ2) is 5.94. The lowest BCUT2D eigenvalue weighted by atomic mass is 10.1. The molecule has 0 saturated carbocycles. The minimum atomic E-state index is -0.0304. The zero-order valence-electron chi connectivity index (χ0n) is 13.3. The molecule has 0 aromatic carbocycles. The number of nitrogens with zero attached hydrogens (tertiary/aromatic N) is 4.